The molecule has 0 atom stereocenters. The standard InChI is InChI=1S/C16H17NO4S/c18-15(19)10-17(11-16(20)21)7-8-22-14-6-5-12-3-1-2-4-13(12)9-14/h1-6,9H,7-8,10-11H2,(H,18,19)(H,20,21). The fraction of sp³-hybridized carbons (Fsp3) is 0.250. The van der Waals surface area contributed by atoms with Crippen molar-refractivity contribution in [3.05, 3.63) is 42.5 Å². The second kappa shape index (κ2) is 7.82. The van der Waals surface area contributed by atoms with Gasteiger partial charge in [0, 0.05) is 17.2 Å². The molecular formula is C16H17NO4S. The van der Waals surface area contributed by atoms with Gasteiger partial charge in [0.05, 0.1) is 13.1 Å². The summed E-state index contributed by atoms with van der Waals surface area (Å²) in [5.74, 6) is -1.40. The van der Waals surface area contributed by atoms with E-state index in [1.165, 1.54) is 10.3 Å². The number of nitrogens with zero attached hydrogens (tertiary/aromatic N) is 1. The second-order valence-electron chi connectivity index (χ2n) is 4.86. The fourth-order valence-corrected chi connectivity index (χ4v) is 3.11. The van der Waals surface area contributed by atoms with Gasteiger partial charge in [0.2, 0.25) is 0 Å². The fourth-order valence-electron chi connectivity index (χ4n) is 2.15. The first-order valence-electron chi connectivity index (χ1n) is 6.82. The first-order valence-corrected chi connectivity index (χ1v) is 7.81. The maximum Gasteiger partial charge on any atom is 0.317 e. The van der Waals surface area contributed by atoms with E-state index in [9.17, 15) is 9.59 Å². The molecule has 0 saturated carbocycles. The summed E-state index contributed by atoms with van der Waals surface area (Å²) in [6.45, 7) is -0.106. The van der Waals surface area contributed by atoms with Gasteiger partial charge in [0.1, 0.15) is 0 Å². The molecule has 0 radical (unpaired) electrons. The molecule has 2 aromatic rings. The molecule has 116 valence electrons. The predicted molar refractivity (Wildman–Crippen MR) is 86.4 cm³/mol. The lowest BCUT2D eigenvalue weighted by molar-refractivity contribution is -0.141. The first-order chi connectivity index (χ1) is 10.5. The average Bonchev–Trinajstić information content (AvgIpc) is 2.45. The smallest absolute Gasteiger partial charge is 0.317 e. The number of fused-ring (bicyclic) bond motifs is 1. The molecule has 0 aliphatic heterocycles. The molecule has 0 amide bonds. The van der Waals surface area contributed by atoms with Crippen molar-refractivity contribution in [1.29, 1.82) is 0 Å². The van der Waals surface area contributed by atoms with Gasteiger partial charge in [-0.2, -0.15) is 0 Å². The second-order valence-corrected chi connectivity index (χ2v) is 6.02. The van der Waals surface area contributed by atoms with Gasteiger partial charge in [0.15, 0.2) is 0 Å². The number of hydrogen-bond acceptors (Lipinski definition) is 4. The van der Waals surface area contributed by atoms with Crippen molar-refractivity contribution in [3.8, 4) is 0 Å². The van der Waals surface area contributed by atoms with Crippen molar-refractivity contribution in [3.63, 3.8) is 0 Å². The molecule has 0 aromatic heterocycles. The Morgan fingerprint density at radius 2 is 1.59 bits per heavy atom. The maximum absolute atomic E-state index is 10.7. The molecule has 0 bridgehead atoms. The first kappa shape index (κ1) is 16.3. The minimum Gasteiger partial charge on any atom is -0.480 e. The number of carbonyl (C=O) groups is 2. The van der Waals surface area contributed by atoms with Crippen molar-refractivity contribution in [1.82, 2.24) is 4.90 Å². The summed E-state index contributed by atoms with van der Waals surface area (Å²) < 4.78 is 0. The monoisotopic (exact) mass is 319 g/mol. The van der Waals surface area contributed by atoms with Crippen LogP contribution in [0.1, 0.15) is 0 Å². The minimum atomic E-state index is -1.02. The van der Waals surface area contributed by atoms with Gasteiger partial charge >= 0.3 is 11.9 Å². The van der Waals surface area contributed by atoms with Crippen LogP contribution in [0.5, 0.6) is 0 Å². The number of aliphatic carboxylic acids is 2. The maximum atomic E-state index is 10.7. The molecule has 0 aliphatic rings. The van der Waals surface area contributed by atoms with Crippen LogP contribution in [0.4, 0.5) is 0 Å². The summed E-state index contributed by atoms with van der Waals surface area (Å²) in [4.78, 5) is 24.0. The van der Waals surface area contributed by atoms with Gasteiger partial charge in [-0.15, -0.1) is 11.8 Å². The number of hydrogen-bond donors (Lipinski definition) is 2. The van der Waals surface area contributed by atoms with Crippen LogP contribution < -0.4 is 0 Å². The van der Waals surface area contributed by atoms with Crippen LogP contribution in [-0.2, 0) is 9.59 Å². The van der Waals surface area contributed by atoms with Crippen LogP contribution >= 0.6 is 11.8 Å². The quantitative estimate of drug-likeness (QED) is 0.728. The van der Waals surface area contributed by atoms with E-state index in [0.29, 0.717) is 12.3 Å². The molecule has 0 saturated heterocycles. The molecule has 6 heteroatoms. The molecule has 2 N–H and O–H groups in total. The lowest BCUT2D eigenvalue weighted by Crippen LogP contribution is -2.36. The third kappa shape index (κ3) is 5.05. The van der Waals surface area contributed by atoms with Crippen LogP contribution in [0.2, 0.25) is 0 Å². The molecule has 5 nitrogen and oxygen atoms in total. The van der Waals surface area contributed by atoms with E-state index in [1.807, 2.05) is 36.4 Å². The topological polar surface area (TPSA) is 77.8 Å². The number of rotatable bonds is 8. The van der Waals surface area contributed by atoms with E-state index in [2.05, 4.69) is 6.07 Å². The largest absolute Gasteiger partial charge is 0.480 e. The highest BCUT2D eigenvalue weighted by molar-refractivity contribution is 7.99. The van der Waals surface area contributed by atoms with Gasteiger partial charge < -0.3 is 10.2 Å². The molecule has 0 unspecified atom stereocenters. The lowest BCUT2D eigenvalue weighted by Gasteiger charge is -2.17. The Bertz CT molecular complexity index is 658. The summed E-state index contributed by atoms with van der Waals surface area (Å²) in [6.07, 6.45) is 0. The number of benzene rings is 2. The van der Waals surface area contributed by atoms with Crippen LogP contribution in [0.15, 0.2) is 47.4 Å². The van der Waals surface area contributed by atoms with E-state index in [0.717, 1.165) is 10.3 Å². The highest BCUT2D eigenvalue weighted by Gasteiger charge is 2.13. The zero-order valence-corrected chi connectivity index (χ0v) is 12.8. The van der Waals surface area contributed by atoms with Crippen molar-refractivity contribution >= 4 is 34.5 Å². The Morgan fingerprint density at radius 1 is 0.955 bits per heavy atom. The van der Waals surface area contributed by atoms with E-state index in [4.69, 9.17) is 10.2 Å². The molecule has 22 heavy (non-hydrogen) atoms. The van der Waals surface area contributed by atoms with Gasteiger partial charge in [-0.05, 0) is 22.9 Å². The summed E-state index contributed by atoms with van der Waals surface area (Å²) in [5.41, 5.74) is 0. The third-order valence-corrected chi connectivity index (χ3v) is 4.09. The molecule has 0 spiro atoms. The SMILES string of the molecule is O=C(O)CN(CCSc1ccc2ccccc2c1)CC(=O)O. The molecule has 0 fully saturated rings. The van der Waals surface area contributed by atoms with E-state index >= 15 is 0 Å². The van der Waals surface area contributed by atoms with Crippen molar-refractivity contribution < 1.29 is 19.8 Å². The van der Waals surface area contributed by atoms with Crippen LogP contribution in [0.3, 0.4) is 0 Å². The number of carboxylic acids is 2. The Hall–Kier alpha value is -2.05. The normalized spacial score (nSPS) is 11.0. The van der Waals surface area contributed by atoms with Gasteiger partial charge in [-0.1, -0.05) is 30.3 Å². The Balaban J connectivity index is 1.92. The lowest BCUT2D eigenvalue weighted by atomic mass is 10.1. The third-order valence-electron chi connectivity index (χ3n) is 3.11. The molecule has 2 rings (SSSR count). The van der Waals surface area contributed by atoms with Crippen molar-refractivity contribution in [2.75, 3.05) is 25.4 Å². The Labute approximate surface area is 132 Å². The highest BCUT2D eigenvalue weighted by atomic mass is 32.2. The van der Waals surface area contributed by atoms with Gasteiger partial charge in [-0.25, -0.2) is 0 Å². The van der Waals surface area contributed by atoms with Gasteiger partial charge in [0.25, 0.3) is 0 Å². The predicted octanol–water partition coefficient (Wildman–Crippen LogP) is 2.40. The summed E-state index contributed by atoms with van der Waals surface area (Å²) in [5, 5.41) is 19.9. The highest BCUT2D eigenvalue weighted by Crippen LogP contribution is 2.23. The van der Waals surface area contributed by atoms with Crippen LogP contribution in [-0.4, -0.2) is 52.4 Å². The zero-order chi connectivity index (χ0) is 15.9. The van der Waals surface area contributed by atoms with Crippen molar-refractivity contribution in [2.24, 2.45) is 0 Å². The average molecular weight is 319 g/mol. The van der Waals surface area contributed by atoms with Crippen LogP contribution in [0.25, 0.3) is 10.8 Å². The molecular weight excluding hydrogens is 302 g/mol. The Kier molecular flexibility index (Phi) is 5.80. The van der Waals surface area contributed by atoms with E-state index < -0.39 is 11.9 Å². The molecule has 0 heterocycles. The van der Waals surface area contributed by atoms with Crippen LogP contribution in [0, 0.1) is 0 Å². The molecule has 2 aromatic carbocycles. The number of thioether (sulfide) groups is 1. The van der Waals surface area contributed by atoms with E-state index in [1.54, 1.807) is 11.8 Å². The number of carboxylic acid groups (broad SMARTS) is 2. The Morgan fingerprint density at radius 3 is 2.23 bits per heavy atom. The minimum absolute atomic E-state index is 0.259. The van der Waals surface area contributed by atoms with Crippen molar-refractivity contribution in [2.45, 2.75) is 4.90 Å². The zero-order valence-electron chi connectivity index (χ0n) is 11.9. The summed E-state index contributed by atoms with van der Waals surface area (Å²) in [7, 11) is 0. The van der Waals surface area contributed by atoms with Gasteiger partial charge in [-0.3, -0.25) is 14.5 Å². The summed E-state index contributed by atoms with van der Waals surface area (Å²) >= 11 is 1.59. The summed E-state index contributed by atoms with van der Waals surface area (Å²) in [6, 6.07) is 14.2. The molecule has 0 aliphatic carbocycles. The van der Waals surface area contributed by atoms with E-state index in [-0.39, 0.29) is 13.1 Å².